The van der Waals surface area contributed by atoms with Gasteiger partial charge in [0.05, 0.1) is 35.1 Å². The van der Waals surface area contributed by atoms with Crippen LogP contribution in [0.2, 0.25) is 0 Å². The van der Waals surface area contributed by atoms with E-state index in [9.17, 15) is 9.59 Å². The van der Waals surface area contributed by atoms with Crippen molar-refractivity contribution in [3.8, 4) is 17.0 Å². The second-order valence-corrected chi connectivity index (χ2v) is 6.92. The van der Waals surface area contributed by atoms with Crippen molar-refractivity contribution in [3.63, 3.8) is 0 Å². The summed E-state index contributed by atoms with van der Waals surface area (Å²) in [5, 5.41) is 15.8. The van der Waals surface area contributed by atoms with E-state index in [0.29, 0.717) is 39.2 Å². The number of carboxylic acids is 1. The lowest BCUT2D eigenvalue weighted by Gasteiger charge is -2.16. The summed E-state index contributed by atoms with van der Waals surface area (Å²) in [6.45, 7) is 0. The number of anilines is 2. The third kappa shape index (κ3) is 3.93. The summed E-state index contributed by atoms with van der Waals surface area (Å²) < 4.78 is 5.55. The van der Waals surface area contributed by atoms with Gasteiger partial charge in [-0.05, 0) is 30.3 Å². The number of carbonyl (C=O) groups excluding carboxylic acids is 1. The van der Waals surface area contributed by atoms with E-state index < -0.39 is 5.97 Å². The first-order chi connectivity index (χ1) is 15.5. The molecule has 160 valence electrons. The number of aromatic carboxylic acids is 1. The molecule has 32 heavy (non-hydrogen) atoms. The number of para-hydroxylation sites is 1. The van der Waals surface area contributed by atoms with Gasteiger partial charge in [-0.2, -0.15) is 0 Å². The minimum atomic E-state index is -1.05. The molecule has 0 aliphatic heterocycles. The van der Waals surface area contributed by atoms with Crippen molar-refractivity contribution in [1.29, 1.82) is 0 Å². The first kappa shape index (κ1) is 20.8. The maximum atomic E-state index is 12.6. The van der Waals surface area contributed by atoms with E-state index >= 15 is 0 Å². The summed E-state index contributed by atoms with van der Waals surface area (Å²) in [5.74, 6) is -0.804. The van der Waals surface area contributed by atoms with Crippen LogP contribution >= 0.6 is 0 Å². The third-order valence-corrected chi connectivity index (χ3v) is 4.99. The number of hydrogen-bond donors (Lipinski definition) is 3. The second-order valence-electron chi connectivity index (χ2n) is 6.92. The van der Waals surface area contributed by atoms with Crippen LogP contribution < -0.4 is 15.4 Å². The molecule has 8 nitrogen and oxygen atoms in total. The van der Waals surface area contributed by atoms with Crippen LogP contribution in [-0.4, -0.2) is 41.1 Å². The lowest BCUT2D eigenvalue weighted by atomic mass is 10.0. The van der Waals surface area contributed by atoms with Crippen molar-refractivity contribution < 1.29 is 19.4 Å². The number of methoxy groups -OCH3 is 1. The summed E-state index contributed by atoms with van der Waals surface area (Å²) in [5.41, 5.74) is 3.67. The highest BCUT2D eigenvalue weighted by Gasteiger charge is 2.18. The second kappa shape index (κ2) is 8.73. The summed E-state index contributed by atoms with van der Waals surface area (Å²) in [7, 11) is 3.10. The smallest absolute Gasteiger partial charge is 0.337 e. The Morgan fingerprint density at radius 3 is 2.41 bits per heavy atom. The van der Waals surface area contributed by atoms with E-state index in [1.807, 2.05) is 36.4 Å². The number of ether oxygens (including phenoxy) is 1. The highest BCUT2D eigenvalue weighted by atomic mass is 16.5. The van der Waals surface area contributed by atoms with Crippen molar-refractivity contribution >= 4 is 34.2 Å². The van der Waals surface area contributed by atoms with Gasteiger partial charge in [-0.1, -0.05) is 18.2 Å². The number of carbonyl (C=O) groups is 2. The summed E-state index contributed by atoms with van der Waals surface area (Å²) in [6, 6.07) is 16.2. The van der Waals surface area contributed by atoms with Gasteiger partial charge in [-0.15, -0.1) is 0 Å². The largest absolute Gasteiger partial charge is 0.496 e. The van der Waals surface area contributed by atoms with Gasteiger partial charge in [0, 0.05) is 42.1 Å². The van der Waals surface area contributed by atoms with Gasteiger partial charge < -0.3 is 20.5 Å². The fraction of sp³-hybridized carbons (Fsp3) is 0.0833. The van der Waals surface area contributed by atoms with Gasteiger partial charge in [0.2, 0.25) is 0 Å². The van der Waals surface area contributed by atoms with Gasteiger partial charge in [-0.3, -0.25) is 14.8 Å². The third-order valence-electron chi connectivity index (χ3n) is 4.99. The molecule has 0 atom stereocenters. The quantitative estimate of drug-likeness (QED) is 0.424. The van der Waals surface area contributed by atoms with Crippen LogP contribution in [0.3, 0.4) is 0 Å². The Hall–Kier alpha value is -4.46. The number of nitrogens with one attached hydrogen (secondary N) is 2. The van der Waals surface area contributed by atoms with Crippen LogP contribution in [0, 0.1) is 0 Å². The Morgan fingerprint density at radius 1 is 1.00 bits per heavy atom. The molecular formula is C24H20N4O4. The predicted octanol–water partition coefficient (Wildman–Crippen LogP) is 4.11. The first-order valence-electron chi connectivity index (χ1n) is 9.76. The van der Waals surface area contributed by atoms with Crippen molar-refractivity contribution in [2.45, 2.75) is 0 Å². The number of hydrogen-bond acceptors (Lipinski definition) is 6. The Morgan fingerprint density at radius 2 is 1.78 bits per heavy atom. The average Bonchev–Trinajstić information content (AvgIpc) is 2.83. The van der Waals surface area contributed by atoms with Crippen LogP contribution in [0.5, 0.6) is 5.75 Å². The van der Waals surface area contributed by atoms with Gasteiger partial charge in [-0.25, -0.2) is 4.79 Å². The lowest BCUT2D eigenvalue weighted by molar-refractivity contribution is 0.0696. The van der Waals surface area contributed by atoms with Crippen LogP contribution in [0.25, 0.3) is 22.2 Å². The maximum Gasteiger partial charge on any atom is 0.337 e. The highest BCUT2D eigenvalue weighted by molar-refractivity contribution is 6.09. The average molecular weight is 428 g/mol. The Bertz CT molecular complexity index is 1310. The molecule has 0 aliphatic carbocycles. The van der Waals surface area contributed by atoms with E-state index in [1.54, 1.807) is 19.2 Å². The maximum absolute atomic E-state index is 12.6. The molecule has 2 heterocycles. The van der Waals surface area contributed by atoms with Crippen LogP contribution in [-0.2, 0) is 0 Å². The van der Waals surface area contributed by atoms with Gasteiger partial charge in [0.25, 0.3) is 5.91 Å². The zero-order valence-corrected chi connectivity index (χ0v) is 17.4. The SMILES string of the molecule is CNC(=O)c1cnc2cc(OC)c(-c3ccc(C(=O)O)cn3)cc2c1Nc1ccccc1. The standard InChI is InChI=1S/C24H20N4O4/c1-25-23(29)18-13-27-20-11-21(32-2)16(19-9-8-14(12-26-19)24(30)31)10-17(20)22(18)28-15-6-4-3-5-7-15/h3-13H,1-2H3,(H,25,29)(H,27,28)(H,30,31). The topological polar surface area (TPSA) is 113 Å². The summed E-state index contributed by atoms with van der Waals surface area (Å²) in [4.78, 5) is 32.5. The Labute approximate surface area is 183 Å². The molecule has 2 aromatic carbocycles. The molecule has 4 rings (SSSR count). The molecule has 0 radical (unpaired) electrons. The number of rotatable bonds is 6. The van der Waals surface area contributed by atoms with E-state index in [4.69, 9.17) is 9.84 Å². The fourth-order valence-electron chi connectivity index (χ4n) is 3.38. The Balaban J connectivity index is 1.95. The van der Waals surface area contributed by atoms with Crippen LogP contribution in [0.4, 0.5) is 11.4 Å². The molecule has 8 heteroatoms. The molecule has 1 amide bonds. The van der Waals surface area contributed by atoms with E-state index in [2.05, 4.69) is 20.6 Å². The van der Waals surface area contributed by atoms with Crippen LogP contribution in [0.1, 0.15) is 20.7 Å². The highest BCUT2D eigenvalue weighted by Crippen LogP contribution is 2.37. The minimum absolute atomic E-state index is 0.0866. The number of aromatic nitrogens is 2. The number of amides is 1. The van der Waals surface area contributed by atoms with Crippen LogP contribution in [0.15, 0.2) is 67.0 Å². The minimum Gasteiger partial charge on any atom is -0.496 e. The number of pyridine rings is 2. The van der Waals surface area contributed by atoms with E-state index in [0.717, 1.165) is 5.69 Å². The fourth-order valence-corrected chi connectivity index (χ4v) is 3.38. The van der Waals surface area contributed by atoms with Gasteiger partial charge in [0.15, 0.2) is 0 Å². The molecule has 3 N–H and O–H groups in total. The molecule has 0 saturated heterocycles. The van der Waals surface area contributed by atoms with Crippen molar-refractivity contribution in [2.24, 2.45) is 0 Å². The number of benzene rings is 2. The zero-order chi connectivity index (χ0) is 22.7. The molecule has 2 aromatic heterocycles. The predicted molar refractivity (Wildman–Crippen MR) is 122 cm³/mol. The Kier molecular flexibility index (Phi) is 5.67. The number of nitrogens with zero attached hydrogens (tertiary/aromatic N) is 2. The normalized spacial score (nSPS) is 10.6. The monoisotopic (exact) mass is 428 g/mol. The van der Waals surface area contributed by atoms with E-state index in [-0.39, 0.29) is 11.5 Å². The molecule has 0 spiro atoms. The van der Waals surface area contributed by atoms with E-state index in [1.165, 1.54) is 25.6 Å². The molecule has 0 aliphatic rings. The van der Waals surface area contributed by atoms with Crippen molar-refractivity contribution in [1.82, 2.24) is 15.3 Å². The van der Waals surface area contributed by atoms with Crippen molar-refractivity contribution in [3.05, 3.63) is 78.1 Å². The molecule has 4 aromatic rings. The molecule has 0 fully saturated rings. The molecular weight excluding hydrogens is 408 g/mol. The molecule has 0 bridgehead atoms. The van der Waals surface area contributed by atoms with Crippen molar-refractivity contribution in [2.75, 3.05) is 19.5 Å². The number of fused-ring (bicyclic) bond motifs is 1. The molecule has 0 unspecified atom stereocenters. The first-order valence-corrected chi connectivity index (χ1v) is 9.76. The summed E-state index contributed by atoms with van der Waals surface area (Å²) in [6.07, 6.45) is 2.81. The summed E-state index contributed by atoms with van der Waals surface area (Å²) >= 11 is 0. The van der Waals surface area contributed by atoms with Gasteiger partial charge >= 0.3 is 5.97 Å². The number of carboxylic acid groups (broad SMARTS) is 1. The lowest BCUT2D eigenvalue weighted by Crippen LogP contribution is -2.19. The van der Waals surface area contributed by atoms with Gasteiger partial charge in [0.1, 0.15) is 5.75 Å². The molecule has 0 saturated carbocycles. The zero-order valence-electron chi connectivity index (χ0n) is 17.4.